The Morgan fingerprint density at radius 1 is 0.909 bits per heavy atom. The van der Waals surface area contributed by atoms with Crippen molar-refractivity contribution in [2.75, 3.05) is 31.3 Å². The molecule has 0 heterocycles. The molecule has 0 bridgehead atoms. The van der Waals surface area contributed by atoms with E-state index in [1.165, 1.54) is 25.2 Å². The molecule has 2 amide bonds. The maximum Gasteiger partial charge on any atom is 0.244 e. The molecule has 1 aliphatic carbocycles. The fourth-order valence-electron chi connectivity index (χ4n) is 5.52. The van der Waals surface area contributed by atoms with E-state index in [4.69, 9.17) is 9.47 Å². The first kappa shape index (κ1) is 33.3. The first-order valence-electron chi connectivity index (χ1n) is 14.7. The summed E-state index contributed by atoms with van der Waals surface area (Å²) in [6.45, 7) is -0.401. The highest BCUT2D eigenvalue weighted by molar-refractivity contribution is 9.10. The molecule has 1 saturated carbocycles. The van der Waals surface area contributed by atoms with Crippen LogP contribution in [0.2, 0.25) is 0 Å². The summed E-state index contributed by atoms with van der Waals surface area (Å²) in [5, 5.41) is 3.21. The SMILES string of the molecule is COc1ccc(N(CC(=O)N(Cc2cccc(Br)c2)[C@H](Cc2ccccc2)C(=O)NC2CCCCC2)S(C)(=O)=O)cc1OC. The summed E-state index contributed by atoms with van der Waals surface area (Å²) in [5.41, 5.74) is 1.93. The van der Waals surface area contributed by atoms with Crippen LogP contribution in [0.15, 0.2) is 77.3 Å². The van der Waals surface area contributed by atoms with Crippen LogP contribution in [0.3, 0.4) is 0 Å². The number of carbonyl (C=O) groups is 2. The van der Waals surface area contributed by atoms with Gasteiger partial charge < -0.3 is 19.7 Å². The van der Waals surface area contributed by atoms with E-state index in [0.29, 0.717) is 11.5 Å². The van der Waals surface area contributed by atoms with Gasteiger partial charge in [0.1, 0.15) is 12.6 Å². The lowest BCUT2D eigenvalue weighted by Gasteiger charge is -2.35. The number of hydrogen-bond donors (Lipinski definition) is 1. The number of benzene rings is 3. The molecule has 44 heavy (non-hydrogen) atoms. The topological polar surface area (TPSA) is 105 Å². The smallest absolute Gasteiger partial charge is 0.244 e. The van der Waals surface area contributed by atoms with Gasteiger partial charge in [-0.25, -0.2) is 8.42 Å². The summed E-state index contributed by atoms with van der Waals surface area (Å²) < 4.78 is 38.8. The van der Waals surface area contributed by atoms with E-state index in [1.807, 2.05) is 54.6 Å². The van der Waals surface area contributed by atoms with Crippen molar-refractivity contribution in [2.24, 2.45) is 0 Å². The van der Waals surface area contributed by atoms with Gasteiger partial charge in [0.15, 0.2) is 11.5 Å². The van der Waals surface area contributed by atoms with E-state index < -0.39 is 28.5 Å². The van der Waals surface area contributed by atoms with Crippen LogP contribution in [0.4, 0.5) is 5.69 Å². The largest absolute Gasteiger partial charge is 0.493 e. The summed E-state index contributed by atoms with van der Waals surface area (Å²) in [7, 11) is -0.975. The van der Waals surface area contributed by atoms with Gasteiger partial charge in [-0.1, -0.05) is 77.7 Å². The van der Waals surface area contributed by atoms with Crippen LogP contribution in [0.1, 0.15) is 43.2 Å². The van der Waals surface area contributed by atoms with Crippen molar-refractivity contribution in [3.63, 3.8) is 0 Å². The Morgan fingerprint density at radius 3 is 2.23 bits per heavy atom. The number of anilines is 1. The number of methoxy groups -OCH3 is 2. The van der Waals surface area contributed by atoms with Gasteiger partial charge in [-0.3, -0.25) is 13.9 Å². The lowest BCUT2D eigenvalue weighted by Crippen LogP contribution is -2.55. The third-order valence-corrected chi connectivity index (χ3v) is 9.43. The normalized spacial score (nSPS) is 14.4. The molecule has 1 fully saturated rings. The number of halogens is 1. The summed E-state index contributed by atoms with van der Waals surface area (Å²) in [4.78, 5) is 29.9. The summed E-state index contributed by atoms with van der Waals surface area (Å²) >= 11 is 3.50. The molecule has 4 rings (SSSR count). The molecule has 11 heteroatoms. The Bertz CT molecular complexity index is 1530. The zero-order chi connectivity index (χ0) is 31.7. The number of nitrogens with one attached hydrogen (secondary N) is 1. The minimum Gasteiger partial charge on any atom is -0.493 e. The molecule has 3 aromatic carbocycles. The lowest BCUT2D eigenvalue weighted by molar-refractivity contribution is -0.140. The maximum atomic E-state index is 14.3. The Kier molecular flexibility index (Phi) is 11.7. The van der Waals surface area contributed by atoms with Crippen molar-refractivity contribution in [3.05, 3.63) is 88.4 Å². The van der Waals surface area contributed by atoms with Gasteiger partial charge in [0.25, 0.3) is 0 Å². The van der Waals surface area contributed by atoms with Crippen molar-refractivity contribution >= 4 is 43.5 Å². The van der Waals surface area contributed by atoms with Crippen LogP contribution in [0.25, 0.3) is 0 Å². The minimum atomic E-state index is -3.92. The highest BCUT2D eigenvalue weighted by atomic mass is 79.9. The Hall–Kier alpha value is -3.57. The van der Waals surface area contributed by atoms with Gasteiger partial charge in [-0.2, -0.15) is 0 Å². The van der Waals surface area contributed by atoms with E-state index in [9.17, 15) is 18.0 Å². The zero-order valence-electron chi connectivity index (χ0n) is 25.4. The molecule has 9 nitrogen and oxygen atoms in total. The Morgan fingerprint density at radius 2 is 1.59 bits per heavy atom. The molecule has 3 aromatic rings. The Labute approximate surface area is 268 Å². The zero-order valence-corrected chi connectivity index (χ0v) is 27.8. The van der Waals surface area contributed by atoms with E-state index in [-0.39, 0.29) is 30.6 Å². The van der Waals surface area contributed by atoms with Crippen LogP contribution in [0.5, 0.6) is 11.5 Å². The molecule has 1 aliphatic rings. The van der Waals surface area contributed by atoms with Gasteiger partial charge in [0.2, 0.25) is 21.8 Å². The number of ether oxygens (including phenoxy) is 2. The van der Waals surface area contributed by atoms with Crippen molar-refractivity contribution in [3.8, 4) is 11.5 Å². The quantitative estimate of drug-likeness (QED) is 0.261. The monoisotopic (exact) mass is 685 g/mol. The number of carbonyl (C=O) groups excluding carboxylic acids is 2. The molecular formula is C33H40BrN3O6S. The number of sulfonamides is 1. The molecule has 0 saturated heterocycles. The average molecular weight is 687 g/mol. The van der Waals surface area contributed by atoms with Crippen LogP contribution < -0.4 is 19.1 Å². The summed E-state index contributed by atoms with van der Waals surface area (Å²) in [6, 6.07) is 20.9. The van der Waals surface area contributed by atoms with Gasteiger partial charge >= 0.3 is 0 Å². The van der Waals surface area contributed by atoms with Crippen LogP contribution in [0, 0.1) is 0 Å². The Balaban J connectivity index is 1.74. The van der Waals surface area contributed by atoms with Crippen molar-refractivity contribution in [1.82, 2.24) is 10.2 Å². The molecule has 0 aliphatic heterocycles. The first-order chi connectivity index (χ1) is 21.1. The van der Waals surface area contributed by atoms with Crippen LogP contribution >= 0.6 is 15.9 Å². The molecule has 0 unspecified atom stereocenters. The van der Waals surface area contributed by atoms with Crippen molar-refractivity contribution in [2.45, 2.75) is 57.2 Å². The highest BCUT2D eigenvalue weighted by Crippen LogP contribution is 2.32. The summed E-state index contributed by atoms with van der Waals surface area (Å²) in [5.74, 6) is -0.00782. The minimum absolute atomic E-state index is 0.0385. The number of rotatable bonds is 13. The maximum absolute atomic E-state index is 14.3. The third-order valence-electron chi connectivity index (χ3n) is 7.80. The van der Waals surface area contributed by atoms with E-state index >= 15 is 0 Å². The van der Waals surface area contributed by atoms with Gasteiger partial charge in [0.05, 0.1) is 26.2 Å². The van der Waals surface area contributed by atoms with Gasteiger partial charge in [-0.05, 0) is 48.2 Å². The molecule has 1 N–H and O–H groups in total. The van der Waals surface area contributed by atoms with Crippen LogP contribution in [-0.2, 0) is 32.6 Å². The van der Waals surface area contributed by atoms with Gasteiger partial charge in [0, 0.05) is 29.5 Å². The molecular weight excluding hydrogens is 646 g/mol. The fourth-order valence-corrected chi connectivity index (χ4v) is 6.81. The van der Waals surface area contributed by atoms with Crippen molar-refractivity contribution < 1.29 is 27.5 Å². The second kappa shape index (κ2) is 15.4. The number of nitrogens with zero attached hydrogens (tertiary/aromatic N) is 2. The van der Waals surface area contributed by atoms with E-state index in [2.05, 4.69) is 21.2 Å². The predicted molar refractivity (Wildman–Crippen MR) is 175 cm³/mol. The number of amides is 2. The predicted octanol–water partition coefficient (Wildman–Crippen LogP) is 5.32. The fraction of sp³-hybridized carbons (Fsp3) is 0.394. The van der Waals surface area contributed by atoms with E-state index in [0.717, 1.165) is 58.3 Å². The lowest BCUT2D eigenvalue weighted by atomic mass is 9.94. The third kappa shape index (κ3) is 8.98. The molecule has 236 valence electrons. The second-order valence-electron chi connectivity index (χ2n) is 11.0. The van der Waals surface area contributed by atoms with E-state index in [1.54, 1.807) is 12.1 Å². The number of hydrogen-bond acceptors (Lipinski definition) is 6. The summed E-state index contributed by atoms with van der Waals surface area (Å²) in [6.07, 6.45) is 6.34. The molecule has 0 spiro atoms. The molecule has 0 radical (unpaired) electrons. The second-order valence-corrected chi connectivity index (χ2v) is 13.8. The van der Waals surface area contributed by atoms with Crippen LogP contribution in [-0.4, -0.2) is 64.2 Å². The average Bonchev–Trinajstić information content (AvgIpc) is 3.01. The first-order valence-corrected chi connectivity index (χ1v) is 17.3. The standard InChI is InChI=1S/C33H40BrN3O6S/c1-42-30-18-17-28(21-31(30)43-2)37(44(3,40)41)23-32(38)36(22-25-13-10-14-26(34)19-25)29(20-24-11-6-4-7-12-24)33(39)35-27-15-8-5-9-16-27/h4,6-7,10-14,17-19,21,27,29H,5,8-9,15-16,20,22-23H2,1-3H3,(H,35,39)/t29-/m1/s1. The van der Waals surface area contributed by atoms with Crippen molar-refractivity contribution in [1.29, 1.82) is 0 Å². The molecule has 0 aromatic heterocycles. The highest BCUT2D eigenvalue weighted by Gasteiger charge is 2.34. The molecule has 1 atom stereocenters. The van der Waals surface area contributed by atoms with Gasteiger partial charge in [-0.15, -0.1) is 0 Å².